The maximum Gasteiger partial charge on any atom is 0.410 e. The van der Waals surface area contributed by atoms with Crippen molar-refractivity contribution in [1.29, 1.82) is 0 Å². The van der Waals surface area contributed by atoms with Gasteiger partial charge in [-0.1, -0.05) is 23.8 Å². The molecule has 5 rings (SSSR count). The summed E-state index contributed by atoms with van der Waals surface area (Å²) in [6.45, 7) is 18.4. The number of benzene rings is 2. The number of piperidine rings is 1. The third-order valence-electron chi connectivity index (χ3n) is 8.42. The van der Waals surface area contributed by atoms with E-state index in [1.165, 1.54) is 11.1 Å². The first-order valence-electron chi connectivity index (χ1n) is 16.4. The van der Waals surface area contributed by atoms with Crippen molar-refractivity contribution in [2.24, 2.45) is 5.92 Å². The molecule has 0 N–H and O–H groups in total. The smallest absolute Gasteiger partial charge is 0.410 e. The molecule has 0 saturated carbocycles. The zero-order chi connectivity index (χ0) is 34.1. The van der Waals surface area contributed by atoms with Gasteiger partial charge in [-0.3, -0.25) is 4.79 Å². The van der Waals surface area contributed by atoms with Crippen LogP contribution in [0.25, 0.3) is 11.3 Å². The molecule has 3 heterocycles. The molecule has 2 aliphatic heterocycles. The number of aromatic nitrogens is 1. The number of anilines is 1. The Labute approximate surface area is 283 Å². The summed E-state index contributed by atoms with van der Waals surface area (Å²) in [4.78, 5) is 34.5. The van der Waals surface area contributed by atoms with Crippen LogP contribution in [0, 0.1) is 19.8 Å². The highest BCUT2D eigenvalue weighted by molar-refractivity contribution is 7.14. The number of carbonyl (C=O) groups excluding carboxylic acids is 2. The lowest BCUT2D eigenvalue weighted by Gasteiger charge is -2.37. The van der Waals surface area contributed by atoms with E-state index >= 15 is 0 Å². The lowest BCUT2D eigenvalue weighted by Crippen LogP contribution is -2.49. The number of esters is 1. The summed E-state index contributed by atoms with van der Waals surface area (Å²) in [7, 11) is 1.65. The van der Waals surface area contributed by atoms with Crippen molar-refractivity contribution < 1.29 is 28.5 Å². The van der Waals surface area contributed by atoms with Crippen molar-refractivity contribution >= 4 is 28.5 Å². The van der Waals surface area contributed by atoms with Crippen molar-refractivity contribution in [2.75, 3.05) is 31.6 Å². The van der Waals surface area contributed by atoms with Gasteiger partial charge in [0.05, 0.1) is 17.7 Å². The molecule has 9 nitrogen and oxygen atoms in total. The van der Waals surface area contributed by atoms with Crippen molar-refractivity contribution in [1.82, 2.24) is 9.88 Å². The molecule has 2 aromatic carbocycles. The Morgan fingerprint density at radius 2 is 1.74 bits per heavy atom. The fraction of sp³-hybridized carbons (Fsp3) is 0.541. The SMILES string of the molecule is CO[C@H]1CN(c2nc(-c3cc(C)ccc3OCc3cc(C)c4c(c3)CCN(C(=O)OC(C)(C)C)C4)cs2)CC[C@H]1C(=O)OC(C)(C)C. The van der Waals surface area contributed by atoms with Crippen LogP contribution in [0.2, 0.25) is 0 Å². The van der Waals surface area contributed by atoms with E-state index in [9.17, 15) is 9.59 Å². The largest absolute Gasteiger partial charge is 0.488 e. The number of hydrogen-bond donors (Lipinski definition) is 0. The molecule has 47 heavy (non-hydrogen) atoms. The highest BCUT2D eigenvalue weighted by Gasteiger charge is 2.38. The van der Waals surface area contributed by atoms with E-state index in [0.717, 1.165) is 45.2 Å². The van der Waals surface area contributed by atoms with Crippen LogP contribution in [0.15, 0.2) is 35.7 Å². The van der Waals surface area contributed by atoms with Crippen LogP contribution in [0.3, 0.4) is 0 Å². The predicted octanol–water partition coefficient (Wildman–Crippen LogP) is 7.48. The van der Waals surface area contributed by atoms with Crippen LogP contribution in [0.5, 0.6) is 5.75 Å². The van der Waals surface area contributed by atoms with Crippen LogP contribution in [0.1, 0.15) is 75.8 Å². The highest BCUT2D eigenvalue weighted by atomic mass is 32.1. The summed E-state index contributed by atoms with van der Waals surface area (Å²) < 4.78 is 23.5. The first-order valence-corrected chi connectivity index (χ1v) is 17.3. The molecule has 1 amide bonds. The zero-order valence-electron chi connectivity index (χ0n) is 29.3. The second-order valence-corrected chi connectivity index (χ2v) is 15.5. The Hall–Kier alpha value is -3.63. The van der Waals surface area contributed by atoms with E-state index in [-0.39, 0.29) is 24.1 Å². The summed E-state index contributed by atoms with van der Waals surface area (Å²) in [5.74, 6) is 0.266. The van der Waals surface area contributed by atoms with Gasteiger partial charge < -0.3 is 28.7 Å². The summed E-state index contributed by atoms with van der Waals surface area (Å²) in [6, 6.07) is 10.5. The van der Waals surface area contributed by atoms with Crippen LogP contribution >= 0.6 is 11.3 Å². The maximum absolute atomic E-state index is 12.9. The maximum atomic E-state index is 12.9. The molecule has 254 valence electrons. The number of hydrogen-bond acceptors (Lipinski definition) is 9. The van der Waals surface area contributed by atoms with E-state index in [2.05, 4.69) is 48.4 Å². The number of thiazole rings is 1. The fourth-order valence-corrected chi connectivity index (χ4v) is 7.01. The second kappa shape index (κ2) is 13.8. The molecule has 1 fully saturated rings. The average molecular weight is 664 g/mol. The molecule has 0 bridgehead atoms. The van der Waals surface area contributed by atoms with Gasteiger partial charge in [0.1, 0.15) is 23.6 Å². The Morgan fingerprint density at radius 3 is 2.45 bits per heavy atom. The molecule has 2 aliphatic rings. The predicted molar refractivity (Wildman–Crippen MR) is 185 cm³/mol. The Bertz CT molecular complexity index is 1600. The van der Waals surface area contributed by atoms with Gasteiger partial charge >= 0.3 is 12.1 Å². The van der Waals surface area contributed by atoms with Crippen molar-refractivity contribution in [2.45, 2.75) is 98.7 Å². The topological polar surface area (TPSA) is 90.4 Å². The summed E-state index contributed by atoms with van der Waals surface area (Å²) in [6.07, 6.45) is 0.875. The molecular weight excluding hydrogens is 614 g/mol. The summed E-state index contributed by atoms with van der Waals surface area (Å²) in [5.41, 5.74) is 6.55. The van der Waals surface area contributed by atoms with Crippen LogP contribution in [-0.4, -0.2) is 66.0 Å². The number of nitrogens with zero attached hydrogens (tertiary/aromatic N) is 3. The van der Waals surface area contributed by atoms with E-state index < -0.39 is 11.2 Å². The van der Waals surface area contributed by atoms with E-state index in [1.807, 2.05) is 47.6 Å². The monoisotopic (exact) mass is 663 g/mol. The van der Waals surface area contributed by atoms with E-state index in [1.54, 1.807) is 23.3 Å². The molecule has 1 aromatic heterocycles. The van der Waals surface area contributed by atoms with Crippen molar-refractivity contribution in [3.8, 4) is 17.0 Å². The number of ether oxygens (including phenoxy) is 4. The van der Waals surface area contributed by atoms with Gasteiger partial charge in [-0.2, -0.15) is 0 Å². The third-order valence-corrected chi connectivity index (χ3v) is 9.32. The summed E-state index contributed by atoms with van der Waals surface area (Å²) >= 11 is 1.59. The number of rotatable bonds is 7. The van der Waals surface area contributed by atoms with Gasteiger partial charge in [0.15, 0.2) is 5.13 Å². The standard InChI is InChI=1S/C37H49N3O6S/c1-23-10-11-31(44-21-25-17-24(2)29-19-40(14-12-26(29)18-25)35(42)46-37(6,7)8)28(16-23)30-22-47-34(38-30)39-15-13-27(32(20-39)43-9)33(41)45-36(3,4)5/h10-11,16-18,22,27,32H,12-15,19-21H2,1-9H3/t27-,32+/m1/s1. The van der Waals surface area contributed by atoms with Crippen LogP contribution < -0.4 is 9.64 Å². The van der Waals surface area contributed by atoms with E-state index in [4.69, 9.17) is 23.9 Å². The van der Waals surface area contributed by atoms with Gasteiger partial charge in [-0.25, -0.2) is 9.78 Å². The highest BCUT2D eigenvalue weighted by Crippen LogP contribution is 2.37. The molecule has 0 aliphatic carbocycles. The minimum Gasteiger partial charge on any atom is -0.488 e. The van der Waals surface area contributed by atoms with Gasteiger partial charge in [0.25, 0.3) is 0 Å². The van der Waals surface area contributed by atoms with Crippen LogP contribution in [-0.2, 0) is 38.6 Å². The number of methoxy groups -OCH3 is 1. The molecular formula is C37H49N3O6S. The average Bonchev–Trinajstić information content (AvgIpc) is 3.48. The molecule has 0 unspecified atom stereocenters. The minimum atomic E-state index is -0.533. The normalized spacial score (nSPS) is 18.5. The van der Waals surface area contributed by atoms with Gasteiger partial charge in [0.2, 0.25) is 0 Å². The number of carbonyl (C=O) groups is 2. The Kier molecular flexibility index (Phi) is 10.2. The molecule has 0 spiro atoms. The fourth-order valence-electron chi connectivity index (χ4n) is 6.15. The first kappa shape index (κ1) is 34.7. The number of fused-ring (bicyclic) bond motifs is 1. The van der Waals surface area contributed by atoms with Crippen molar-refractivity contribution in [3.05, 3.63) is 63.5 Å². The summed E-state index contributed by atoms with van der Waals surface area (Å²) in [5, 5.41) is 2.96. The van der Waals surface area contributed by atoms with Crippen molar-refractivity contribution in [3.63, 3.8) is 0 Å². The lowest BCUT2D eigenvalue weighted by atomic mass is 9.93. The lowest BCUT2D eigenvalue weighted by molar-refractivity contribution is -0.165. The molecule has 10 heteroatoms. The molecule has 2 atom stereocenters. The number of aryl methyl sites for hydroxylation is 2. The third kappa shape index (κ3) is 8.65. The number of amides is 1. The molecule has 3 aromatic rings. The van der Waals surface area contributed by atoms with E-state index in [0.29, 0.717) is 39.2 Å². The van der Waals surface area contributed by atoms with Gasteiger partial charge in [-0.15, -0.1) is 11.3 Å². The minimum absolute atomic E-state index is 0.206. The molecule has 0 radical (unpaired) electrons. The quantitative estimate of drug-likeness (QED) is 0.241. The first-order chi connectivity index (χ1) is 22.1. The van der Waals surface area contributed by atoms with Gasteiger partial charge in [0, 0.05) is 44.2 Å². The Morgan fingerprint density at radius 1 is 1.00 bits per heavy atom. The molecule has 1 saturated heterocycles. The Balaban J connectivity index is 1.27. The van der Waals surface area contributed by atoms with Crippen LogP contribution in [0.4, 0.5) is 9.93 Å². The second-order valence-electron chi connectivity index (χ2n) is 14.7. The van der Waals surface area contributed by atoms with Gasteiger partial charge in [-0.05, 0) is 103 Å². The zero-order valence-corrected chi connectivity index (χ0v) is 30.1.